The van der Waals surface area contributed by atoms with Crippen LogP contribution in [-0.2, 0) is 4.79 Å². The Hall–Kier alpha value is -2.34. The van der Waals surface area contributed by atoms with Crippen LogP contribution in [0.5, 0.6) is 0 Å². The number of carbonyl (C=O) groups is 2. The van der Waals surface area contributed by atoms with E-state index in [1.807, 2.05) is 43.0 Å². The number of furan rings is 1. The molecule has 6 nitrogen and oxygen atoms in total. The van der Waals surface area contributed by atoms with Gasteiger partial charge in [0.25, 0.3) is 5.91 Å². The van der Waals surface area contributed by atoms with Crippen LogP contribution >= 0.6 is 0 Å². The number of amides is 2. The van der Waals surface area contributed by atoms with Gasteiger partial charge in [-0.3, -0.25) is 14.5 Å². The van der Waals surface area contributed by atoms with Crippen LogP contribution in [0.15, 0.2) is 28.7 Å². The standard InChI is InChI=1S/C20H25N3O3/c1-13-16-5-3-4-6-17(16)26-18(13)20(25)23-11-9-22(10-12-23)14(2)19(24)21-15-7-8-15/h3-6,14-15H,7-12H2,1-2H3,(H,21,24). The summed E-state index contributed by atoms with van der Waals surface area (Å²) in [5, 5.41) is 4.04. The van der Waals surface area contributed by atoms with Crippen LogP contribution in [0.3, 0.4) is 0 Å². The first kappa shape index (κ1) is 17.1. The van der Waals surface area contributed by atoms with Crippen molar-refractivity contribution in [2.24, 2.45) is 0 Å². The lowest BCUT2D eigenvalue weighted by Crippen LogP contribution is -2.55. The van der Waals surface area contributed by atoms with E-state index in [0.29, 0.717) is 38.0 Å². The maximum Gasteiger partial charge on any atom is 0.289 e. The Morgan fingerprint density at radius 1 is 1.15 bits per heavy atom. The van der Waals surface area contributed by atoms with E-state index in [1.165, 1.54) is 0 Å². The van der Waals surface area contributed by atoms with Crippen molar-refractivity contribution in [1.82, 2.24) is 15.1 Å². The van der Waals surface area contributed by atoms with E-state index in [2.05, 4.69) is 10.2 Å². The number of carbonyl (C=O) groups excluding carboxylic acids is 2. The molecule has 1 aromatic heterocycles. The van der Waals surface area contributed by atoms with Crippen molar-refractivity contribution in [2.45, 2.75) is 38.8 Å². The van der Waals surface area contributed by atoms with Crippen LogP contribution in [0.4, 0.5) is 0 Å². The van der Waals surface area contributed by atoms with Crippen molar-refractivity contribution in [2.75, 3.05) is 26.2 Å². The van der Waals surface area contributed by atoms with E-state index >= 15 is 0 Å². The van der Waals surface area contributed by atoms with Gasteiger partial charge in [0.15, 0.2) is 5.76 Å². The van der Waals surface area contributed by atoms with Crippen molar-refractivity contribution >= 4 is 22.8 Å². The first-order chi connectivity index (χ1) is 12.5. The lowest BCUT2D eigenvalue weighted by Gasteiger charge is -2.37. The van der Waals surface area contributed by atoms with Crippen molar-refractivity contribution in [3.05, 3.63) is 35.6 Å². The highest BCUT2D eigenvalue weighted by molar-refractivity contribution is 5.99. The fraction of sp³-hybridized carbons (Fsp3) is 0.500. The fourth-order valence-corrected chi connectivity index (χ4v) is 3.55. The number of hydrogen-bond donors (Lipinski definition) is 1. The Labute approximate surface area is 153 Å². The average Bonchev–Trinajstić information content (AvgIpc) is 3.42. The molecule has 26 heavy (non-hydrogen) atoms. The van der Waals surface area contributed by atoms with E-state index in [4.69, 9.17) is 4.42 Å². The van der Waals surface area contributed by atoms with Crippen molar-refractivity contribution < 1.29 is 14.0 Å². The molecule has 1 atom stereocenters. The normalized spacial score (nSPS) is 19.5. The van der Waals surface area contributed by atoms with Gasteiger partial charge in [-0.25, -0.2) is 0 Å². The molecule has 6 heteroatoms. The lowest BCUT2D eigenvalue weighted by molar-refractivity contribution is -0.126. The molecule has 1 saturated carbocycles. The van der Waals surface area contributed by atoms with Crippen LogP contribution in [0.25, 0.3) is 11.0 Å². The van der Waals surface area contributed by atoms with Gasteiger partial charge >= 0.3 is 0 Å². The number of rotatable bonds is 4. The summed E-state index contributed by atoms with van der Waals surface area (Å²) in [4.78, 5) is 29.1. The number of fused-ring (bicyclic) bond motifs is 1. The highest BCUT2D eigenvalue weighted by atomic mass is 16.3. The van der Waals surface area contributed by atoms with Crippen molar-refractivity contribution in [3.8, 4) is 0 Å². The molecule has 2 fully saturated rings. The molecule has 0 spiro atoms. The van der Waals surface area contributed by atoms with Gasteiger partial charge in [-0.1, -0.05) is 18.2 Å². The molecule has 0 bridgehead atoms. The number of nitrogens with one attached hydrogen (secondary N) is 1. The summed E-state index contributed by atoms with van der Waals surface area (Å²) in [6.45, 7) is 6.49. The molecule has 1 aliphatic carbocycles. The molecule has 0 radical (unpaired) electrons. The highest BCUT2D eigenvalue weighted by Gasteiger charge is 2.32. The number of nitrogens with zero attached hydrogens (tertiary/aromatic N) is 2. The van der Waals surface area contributed by atoms with Crippen LogP contribution < -0.4 is 5.32 Å². The van der Waals surface area contributed by atoms with Gasteiger partial charge in [0.1, 0.15) is 5.58 Å². The summed E-state index contributed by atoms with van der Waals surface area (Å²) in [6, 6.07) is 7.95. The minimum Gasteiger partial charge on any atom is -0.451 e. The number of benzene rings is 1. The van der Waals surface area contributed by atoms with Gasteiger partial charge in [0, 0.05) is 43.2 Å². The van der Waals surface area contributed by atoms with Crippen LogP contribution in [-0.4, -0.2) is 59.9 Å². The minimum absolute atomic E-state index is 0.0616. The first-order valence-electron chi connectivity index (χ1n) is 9.36. The van der Waals surface area contributed by atoms with Crippen molar-refractivity contribution in [3.63, 3.8) is 0 Å². The fourth-order valence-electron chi connectivity index (χ4n) is 3.55. The van der Waals surface area contributed by atoms with E-state index < -0.39 is 0 Å². The SMILES string of the molecule is Cc1c(C(=O)N2CCN(C(C)C(=O)NC3CC3)CC2)oc2ccccc12. The Morgan fingerprint density at radius 2 is 1.85 bits per heavy atom. The molecule has 2 aliphatic rings. The average molecular weight is 355 g/mol. The predicted molar refractivity (Wildman–Crippen MR) is 99.1 cm³/mol. The minimum atomic E-state index is -0.152. The van der Waals surface area contributed by atoms with Gasteiger partial charge in [-0.2, -0.15) is 0 Å². The molecule has 1 saturated heterocycles. The summed E-state index contributed by atoms with van der Waals surface area (Å²) < 4.78 is 5.81. The topological polar surface area (TPSA) is 65.8 Å². The van der Waals surface area contributed by atoms with Gasteiger partial charge in [0.2, 0.25) is 5.91 Å². The third kappa shape index (κ3) is 3.21. The van der Waals surface area contributed by atoms with Crippen LogP contribution in [0.1, 0.15) is 35.9 Å². The first-order valence-corrected chi connectivity index (χ1v) is 9.36. The Morgan fingerprint density at radius 3 is 2.50 bits per heavy atom. The molecular formula is C20H25N3O3. The molecule has 138 valence electrons. The number of para-hydroxylation sites is 1. The molecule has 1 aliphatic heterocycles. The zero-order valence-corrected chi connectivity index (χ0v) is 15.3. The third-order valence-corrected chi connectivity index (χ3v) is 5.49. The maximum atomic E-state index is 12.9. The molecule has 4 rings (SSSR count). The second-order valence-electron chi connectivity index (χ2n) is 7.34. The van der Waals surface area contributed by atoms with Gasteiger partial charge in [-0.15, -0.1) is 0 Å². The third-order valence-electron chi connectivity index (χ3n) is 5.49. The molecule has 1 N–H and O–H groups in total. The number of aryl methyl sites for hydroxylation is 1. The zero-order valence-electron chi connectivity index (χ0n) is 15.3. The zero-order chi connectivity index (χ0) is 18.3. The highest BCUT2D eigenvalue weighted by Crippen LogP contribution is 2.26. The summed E-state index contributed by atoms with van der Waals surface area (Å²) in [5.41, 5.74) is 1.64. The van der Waals surface area contributed by atoms with Crippen molar-refractivity contribution in [1.29, 1.82) is 0 Å². The second kappa shape index (κ2) is 6.76. The maximum absolute atomic E-state index is 12.9. The van der Waals surface area contributed by atoms with Gasteiger partial charge in [-0.05, 0) is 32.8 Å². The number of piperazine rings is 1. The van der Waals surface area contributed by atoms with Crippen LogP contribution in [0, 0.1) is 6.92 Å². The molecular weight excluding hydrogens is 330 g/mol. The second-order valence-corrected chi connectivity index (χ2v) is 7.34. The lowest BCUT2D eigenvalue weighted by atomic mass is 10.1. The summed E-state index contributed by atoms with van der Waals surface area (Å²) in [6.07, 6.45) is 2.19. The monoisotopic (exact) mass is 355 g/mol. The van der Waals surface area contributed by atoms with E-state index in [0.717, 1.165) is 29.4 Å². The Balaban J connectivity index is 1.39. The number of hydrogen-bond acceptors (Lipinski definition) is 4. The summed E-state index contributed by atoms with van der Waals surface area (Å²) in [7, 11) is 0. The molecule has 1 unspecified atom stereocenters. The Bertz CT molecular complexity index is 832. The molecule has 2 amide bonds. The van der Waals surface area contributed by atoms with Gasteiger partial charge in [0.05, 0.1) is 6.04 Å². The molecule has 2 aromatic rings. The van der Waals surface area contributed by atoms with E-state index in [-0.39, 0.29) is 17.9 Å². The van der Waals surface area contributed by atoms with Crippen LogP contribution in [0.2, 0.25) is 0 Å². The smallest absolute Gasteiger partial charge is 0.289 e. The molecule has 1 aromatic carbocycles. The Kier molecular flexibility index (Phi) is 4.44. The largest absolute Gasteiger partial charge is 0.451 e. The van der Waals surface area contributed by atoms with E-state index in [1.54, 1.807) is 0 Å². The summed E-state index contributed by atoms with van der Waals surface area (Å²) in [5.74, 6) is 0.466. The quantitative estimate of drug-likeness (QED) is 0.913. The summed E-state index contributed by atoms with van der Waals surface area (Å²) >= 11 is 0. The van der Waals surface area contributed by atoms with Gasteiger partial charge < -0.3 is 14.6 Å². The predicted octanol–water partition coefficient (Wildman–Crippen LogP) is 2.17. The molecule has 2 heterocycles. The van der Waals surface area contributed by atoms with E-state index in [9.17, 15) is 9.59 Å².